The van der Waals surface area contributed by atoms with Gasteiger partial charge in [-0.05, 0) is 69.1 Å². The summed E-state index contributed by atoms with van der Waals surface area (Å²) in [5.41, 5.74) is 0.434. The predicted octanol–water partition coefficient (Wildman–Crippen LogP) is 4.88. The molecule has 0 spiro atoms. The lowest BCUT2D eigenvalue weighted by molar-refractivity contribution is -0.153. The number of ether oxygens (including phenoxy) is 1. The fraction of sp³-hybridized carbons (Fsp3) is 0.444. The van der Waals surface area contributed by atoms with Gasteiger partial charge >= 0.3 is 5.97 Å². The number of halogens is 1. The molecule has 1 saturated heterocycles. The van der Waals surface area contributed by atoms with Gasteiger partial charge in [0.1, 0.15) is 11.9 Å². The maximum Gasteiger partial charge on any atom is 0.309 e. The maximum absolute atomic E-state index is 15.7. The molecule has 0 radical (unpaired) electrons. The molecule has 0 unspecified atom stereocenters. The van der Waals surface area contributed by atoms with E-state index < -0.39 is 17.6 Å². The molecular formula is C27H32FN3O4S. The number of pyridine rings is 2. The zero-order valence-corrected chi connectivity index (χ0v) is 21.2. The van der Waals surface area contributed by atoms with Crippen molar-refractivity contribution in [1.29, 1.82) is 0 Å². The molecule has 1 atom stereocenters. The molecule has 1 aromatic carbocycles. The highest BCUT2D eigenvalue weighted by molar-refractivity contribution is 7.99. The summed E-state index contributed by atoms with van der Waals surface area (Å²) in [5, 5.41) is 21.5. The Morgan fingerprint density at radius 2 is 2.06 bits per heavy atom. The third-order valence-corrected chi connectivity index (χ3v) is 8.05. The first-order valence-electron chi connectivity index (χ1n) is 12.2. The second-order valence-corrected chi connectivity index (χ2v) is 10.3. The zero-order chi connectivity index (χ0) is 25.5. The fourth-order valence-electron chi connectivity index (χ4n) is 4.89. The van der Waals surface area contributed by atoms with Gasteiger partial charge < -0.3 is 19.8 Å². The number of aliphatic hydroxyl groups excluding tert-OH is 1. The fourth-order valence-corrected chi connectivity index (χ4v) is 5.76. The van der Waals surface area contributed by atoms with Gasteiger partial charge in [0, 0.05) is 41.2 Å². The van der Waals surface area contributed by atoms with E-state index in [2.05, 4.69) is 14.9 Å². The number of thioether (sulfide) groups is 1. The molecule has 2 N–H and O–H groups in total. The zero-order valence-electron chi connectivity index (χ0n) is 20.4. The van der Waals surface area contributed by atoms with E-state index in [1.165, 1.54) is 13.3 Å². The number of aromatic nitrogens is 2. The standard InChI is InChI=1S/C27H32FN3O4S/c1-35-20-5-6-23-21(16-20)25(19(18-32)17-30-23)22(28)7-8-27(26(33)34)9-12-31(13-10-27)14-15-36-24-4-2-3-11-29-24/h2-6,11,16-17,22,32H,7-10,12-15,18H2,1H3,(H,33,34)/t22-/m1/s1. The molecule has 36 heavy (non-hydrogen) atoms. The number of likely N-dealkylation sites (tertiary alicyclic amines) is 1. The Labute approximate surface area is 214 Å². The highest BCUT2D eigenvalue weighted by Gasteiger charge is 2.41. The Kier molecular flexibility index (Phi) is 8.77. The van der Waals surface area contributed by atoms with Crippen molar-refractivity contribution in [2.45, 2.75) is 43.5 Å². The van der Waals surface area contributed by atoms with Gasteiger partial charge in [-0.15, -0.1) is 11.8 Å². The smallest absolute Gasteiger partial charge is 0.309 e. The number of alkyl halides is 1. The molecule has 0 saturated carbocycles. The monoisotopic (exact) mass is 513 g/mol. The normalized spacial score (nSPS) is 16.6. The van der Waals surface area contributed by atoms with Crippen LogP contribution in [-0.4, -0.2) is 63.5 Å². The first kappa shape index (κ1) is 26.3. The maximum atomic E-state index is 15.7. The molecule has 7 nitrogen and oxygen atoms in total. The van der Waals surface area contributed by atoms with E-state index in [0.29, 0.717) is 53.7 Å². The molecule has 1 fully saturated rings. The minimum Gasteiger partial charge on any atom is -0.497 e. The van der Waals surface area contributed by atoms with E-state index in [9.17, 15) is 15.0 Å². The van der Waals surface area contributed by atoms with Crippen molar-refractivity contribution in [2.75, 3.05) is 32.5 Å². The van der Waals surface area contributed by atoms with Crippen LogP contribution in [0.1, 0.15) is 43.0 Å². The van der Waals surface area contributed by atoms with Crippen LogP contribution in [0.2, 0.25) is 0 Å². The quantitative estimate of drug-likeness (QED) is 0.350. The molecule has 2 aromatic heterocycles. The summed E-state index contributed by atoms with van der Waals surface area (Å²) in [5.74, 6) is 0.593. The molecule has 0 bridgehead atoms. The Morgan fingerprint density at radius 3 is 2.72 bits per heavy atom. The lowest BCUT2D eigenvalue weighted by atomic mass is 9.74. The summed E-state index contributed by atoms with van der Waals surface area (Å²) in [6.07, 6.45) is 3.11. The summed E-state index contributed by atoms with van der Waals surface area (Å²) in [7, 11) is 1.54. The highest BCUT2D eigenvalue weighted by atomic mass is 32.2. The molecular weight excluding hydrogens is 481 g/mol. The van der Waals surface area contributed by atoms with Gasteiger partial charge in [0.15, 0.2) is 0 Å². The van der Waals surface area contributed by atoms with E-state index in [1.807, 2.05) is 18.2 Å². The number of nitrogens with zero attached hydrogens (tertiary/aromatic N) is 3. The van der Waals surface area contributed by atoms with E-state index in [0.717, 1.165) is 17.3 Å². The summed E-state index contributed by atoms with van der Waals surface area (Å²) < 4.78 is 21.0. The largest absolute Gasteiger partial charge is 0.497 e. The Bertz CT molecular complexity index is 1170. The first-order valence-corrected chi connectivity index (χ1v) is 13.1. The van der Waals surface area contributed by atoms with Crippen molar-refractivity contribution in [3.05, 3.63) is 59.9 Å². The lowest BCUT2D eigenvalue weighted by Crippen LogP contribution is -2.45. The average molecular weight is 514 g/mol. The molecule has 0 amide bonds. The van der Waals surface area contributed by atoms with Gasteiger partial charge in [0.25, 0.3) is 0 Å². The molecule has 9 heteroatoms. The van der Waals surface area contributed by atoms with Crippen LogP contribution < -0.4 is 4.74 Å². The second-order valence-electron chi connectivity index (χ2n) is 9.19. The third kappa shape index (κ3) is 5.96. The van der Waals surface area contributed by atoms with Crippen molar-refractivity contribution >= 4 is 28.6 Å². The number of carboxylic acid groups (broad SMARTS) is 1. The molecule has 3 aromatic rings. The Balaban J connectivity index is 1.40. The van der Waals surface area contributed by atoms with E-state index in [-0.39, 0.29) is 19.4 Å². The Hall–Kier alpha value is -2.75. The Morgan fingerprint density at radius 1 is 1.25 bits per heavy atom. The SMILES string of the molecule is COc1ccc2ncc(CO)c([C@H](F)CCC3(C(=O)O)CCN(CCSc4ccccn4)CC3)c2c1. The van der Waals surface area contributed by atoms with Crippen LogP contribution >= 0.6 is 11.8 Å². The van der Waals surface area contributed by atoms with Gasteiger partial charge in [-0.1, -0.05) is 6.07 Å². The van der Waals surface area contributed by atoms with Crippen LogP contribution in [0, 0.1) is 5.41 Å². The number of fused-ring (bicyclic) bond motifs is 1. The third-order valence-electron chi connectivity index (χ3n) is 7.12. The van der Waals surface area contributed by atoms with Crippen molar-refractivity contribution in [3.8, 4) is 5.75 Å². The molecule has 3 heterocycles. The summed E-state index contributed by atoms with van der Waals surface area (Å²) in [6, 6.07) is 11.1. The second kappa shape index (κ2) is 12.0. The van der Waals surface area contributed by atoms with Crippen molar-refractivity contribution in [3.63, 3.8) is 0 Å². The van der Waals surface area contributed by atoms with Crippen molar-refractivity contribution in [1.82, 2.24) is 14.9 Å². The van der Waals surface area contributed by atoms with Crippen LogP contribution in [0.3, 0.4) is 0 Å². The van der Waals surface area contributed by atoms with Crippen LogP contribution in [0.15, 0.2) is 53.8 Å². The number of piperidine rings is 1. The number of carboxylic acids is 1. The van der Waals surface area contributed by atoms with Gasteiger partial charge in [-0.2, -0.15) is 0 Å². The van der Waals surface area contributed by atoms with Gasteiger partial charge in [0.05, 0.1) is 29.7 Å². The lowest BCUT2D eigenvalue weighted by Gasteiger charge is -2.39. The molecule has 4 rings (SSSR count). The number of rotatable bonds is 11. The highest BCUT2D eigenvalue weighted by Crippen LogP contribution is 2.41. The molecule has 1 aliphatic rings. The summed E-state index contributed by atoms with van der Waals surface area (Å²) >= 11 is 1.69. The van der Waals surface area contributed by atoms with E-state index in [4.69, 9.17) is 4.74 Å². The predicted molar refractivity (Wildman–Crippen MR) is 138 cm³/mol. The average Bonchev–Trinajstić information content (AvgIpc) is 2.92. The molecule has 1 aliphatic heterocycles. The van der Waals surface area contributed by atoms with Crippen molar-refractivity contribution in [2.24, 2.45) is 5.41 Å². The first-order chi connectivity index (χ1) is 17.5. The number of hydrogen-bond acceptors (Lipinski definition) is 7. The minimum atomic E-state index is -1.42. The minimum absolute atomic E-state index is 0.0607. The summed E-state index contributed by atoms with van der Waals surface area (Å²) in [4.78, 5) is 23.3. The van der Waals surface area contributed by atoms with Crippen molar-refractivity contribution < 1.29 is 24.1 Å². The topological polar surface area (TPSA) is 95.8 Å². The number of methoxy groups -OCH3 is 1. The number of carbonyl (C=O) groups is 1. The number of aliphatic hydroxyl groups is 1. The van der Waals surface area contributed by atoms with Gasteiger partial charge in [-0.3, -0.25) is 9.78 Å². The van der Waals surface area contributed by atoms with Crippen LogP contribution in [0.5, 0.6) is 5.75 Å². The number of benzene rings is 1. The summed E-state index contributed by atoms with van der Waals surface area (Å²) in [6.45, 7) is 1.85. The van der Waals surface area contributed by atoms with Crippen LogP contribution in [0.25, 0.3) is 10.9 Å². The number of aliphatic carboxylic acids is 1. The van der Waals surface area contributed by atoms with E-state index >= 15 is 4.39 Å². The van der Waals surface area contributed by atoms with E-state index in [1.54, 1.807) is 36.2 Å². The molecule has 192 valence electrons. The molecule has 0 aliphatic carbocycles. The van der Waals surface area contributed by atoms with Crippen LogP contribution in [-0.2, 0) is 11.4 Å². The van der Waals surface area contributed by atoms with Gasteiger partial charge in [-0.25, -0.2) is 9.37 Å². The van der Waals surface area contributed by atoms with Gasteiger partial charge in [0.2, 0.25) is 0 Å². The van der Waals surface area contributed by atoms with Crippen LogP contribution in [0.4, 0.5) is 4.39 Å². The number of hydrogen-bond donors (Lipinski definition) is 2.